The van der Waals surface area contributed by atoms with E-state index in [1.54, 1.807) is 36.1 Å². The van der Waals surface area contributed by atoms with Crippen LogP contribution in [0, 0.1) is 12.8 Å². The molecule has 0 radical (unpaired) electrons. The number of rotatable bonds is 2. The second-order valence-electron chi connectivity index (χ2n) is 6.85. The minimum atomic E-state index is -3.58. The Morgan fingerprint density at radius 2 is 1.92 bits per heavy atom. The van der Waals surface area contributed by atoms with Crippen LogP contribution in [0.3, 0.4) is 0 Å². The molecule has 0 N–H and O–H groups in total. The summed E-state index contributed by atoms with van der Waals surface area (Å²) < 4.78 is 30.1. The van der Waals surface area contributed by atoms with Crippen molar-refractivity contribution >= 4 is 15.9 Å². The van der Waals surface area contributed by atoms with Crippen molar-refractivity contribution in [1.29, 1.82) is 0 Å². The molecule has 136 valence electrons. The molecule has 1 fully saturated rings. The topological polar surface area (TPSA) is 84.6 Å². The number of piperidine rings is 1. The molecule has 26 heavy (non-hydrogen) atoms. The maximum Gasteiger partial charge on any atom is 0.285 e. The van der Waals surface area contributed by atoms with Gasteiger partial charge in [-0.25, -0.2) is 4.98 Å². The van der Waals surface area contributed by atoms with Crippen molar-refractivity contribution in [1.82, 2.24) is 14.5 Å². The normalized spacial score (nSPS) is 19.3. The van der Waals surface area contributed by atoms with Gasteiger partial charge in [-0.2, -0.15) is 8.42 Å². The van der Waals surface area contributed by atoms with Crippen LogP contribution in [0.25, 0.3) is 0 Å². The highest BCUT2D eigenvalue weighted by atomic mass is 32.2. The Hall–Kier alpha value is -2.48. The molecule has 2 aliphatic heterocycles. The van der Waals surface area contributed by atoms with Crippen LogP contribution in [0.2, 0.25) is 0 Å². The largest absolute Gasteiger partial charge is 0.355 e. The number of benzene rings is 1. The van der Waals surface area contributed by atoms with Crippen LogP contribution in [0.1, 0.15) is 24.0 Å². The van der Waals surface area contributed by atoms with Gasteiger partial charge >= 0.3 is 0 Å². The Bertz CT molecular complexity index is 1030. The molecule has 0 saturated carbocycles. The van der Waals surface area contributed by atoms with Crippen molar-refractivity contribution in [3.8, 4) is 0 Å². The van der Waals surface area contributed by atoms with Crippen molar-refractivity contribution in [2.75, 3.05) is 13.1 Å². The Morgan fingerprint density at radius 3 is 2.69 bits per heavy atom. The summed E-state index contributed by atoms with van der Waals surface area (Å²) in [5.74, 6) is 0.912. The molecule has 0 bridgehead atoms. The van der Waals surface area contributed by atoms with Gasteiger partial charge < -0.3 is 4.90 Å². The predicted molar refractivity (Wildman–Crippen MR) is 97.7 cm³/mol. The average Bonchev–Trinajstić information content (AvgIpc) is 2.91. The minimum absolute atomic E-state index is 0.00242. The number of sulfonamides is 1. The molecule has 1 aromatic carbocycles. The van der Waals surface area contributed by atoms with Crippen LogP contribution in [0.5, 0.6) is 0 Å². The summed E-state index contributed by atoms with van der Waals surface area (Å²) in [7, 11) is -3.58. The molecular weight excluding hydrogens is 352 g/mol. The summed E-state index contributed by atoms with van der Waals surface area (Å²) in [6.07, 6.45) is 4.92. The zero-order chi connectivity index (χ0) is 18.3. The molecule has 0 atom stereocenters. The van der Waals surface area contributed by atoms with Crippen molar-refractivity contribution in [3.63, 3.8) is 0 Å². The number of likely N-dealkylation sites (tertiary alicyclic amines) is 1. The van der Waals surface area contributed by atoms with Crippen LogP contribution in [-0.4, -0.2) is 41.8 Å². The van der Waals surface area contributed by atoms with Crippen LogP contribution in [0.15, 0.2) is 50.9 Å². The van der Waals surface area contributed by atoms with Gasteiger partial charge in [0.1, 0.15) is 4.90 Å². The van der Waals surface area contributed by atoms with E-state index in [1.165, 1.54) is 0 Å². The van der Waals surface area contributed by atoms with Gasteiger partial charge in [-0.1, -0.05) is 12.1 Å². The molecule has 4 rings (SSSR count). The Morgan fingerprint density at radius 1 is 1.19 bits per heavy atom. The summed E-state index contributed by atoms with van der Waals surface area (Å²) in [6.45, 7) is 3.86. The lowest BCUT2D eigenvalue weighted by Crippen LogP contribution is -2.40. The molecule has 0 unspecified atom stereocenters. The quantitative estimate of drug-likeness (QED) is 0.796. The third kappa shape index (κ3) is 2.94. The van der Waals surface area contributed by atoms with E-state index in [4.69, 9.17) is 0 Å². The highest BCUT2D eigenvalue weighted by Gasteiger charge is 2.33. The fourth-order valence-electron chi connectivity index (χ4n) is 3.61. The van der Waals surface area contributed by atoms with Crippen LogP contribution < -0.4 is 5.56 Å². The highest BCUT2D eigenvalue weighted by molar-refractivity contribution is 7.90. The van der Waals surface area contributed by atoms with Gasteiger partial charge in [-0.15, -0.1) is 4.40 Å². The summed E-state index contributed by atoms with van der Waals surface area (Å²) in [5, 5.41) is 0. The number of amidine groups is 1. The molecule has 2 aromatic rings. The number of aromatic nitrogens is 2. The number of aryl methyl sites for hydroxylation is 1. The van der Waals surface area contributed by atoms with Gasteiger partial charge in [0.25, 0.3) is 15.6 Å². The average molecular weight is 372 g/mol. The lowest BCUT2D eigenvalue weighted by atomic mass is 9.96. The molecule has 0 spiro atoms. The summed E-state index contributed by atoms with van der Waals surface area (Å²) in [6, 6.07) is 6.96. The second-order valence-corrected chi connectivity index (χ2v) is 8.42. The van der Waals surface area contributed by atoms with E-state index in [2.05, 4.69) is 9.38 Å². The van der Waals surface area contributed by atoms with Gasteiger partial charge in [0.2, 0.25) is 0 Å². The van der Waals surface area contributed by atoms with Crippen molar-refractivity contribution in [3.05, 3.63) is 58.3 Å². The van der Waals surface area contributed by atoms with Crippen molar-refractivity contribution in [2.24, 2.45) is 10.3 Å². The Kier molecular flexibility index (Phi) is 4.14. The minimum Gasteiger partial charge on any atom is -0.355 e. The van der Waals surface area contributed by atoms with E-state index in [1.807, 2.05) is 17.0 Å². The number of fused-ring (bicyclic) bond motifs is 1. The first-order chi connectivity index (χ1) is 12.5. The zero-order valence-electron chi connectivity index (χ0n) is 14.5. The van der Waals surface area contributed by atoms with E-state index in [-0.39, 0.29) is 10.5 Å². The molecular formula is C18H20N4O3S. The van der Waals surface area contributed by atoms with Crippen LogP contribution in [0.4, 0.5) is 0 Å². The van der Waals surface area contributed by atoms with Crippen LogP contribution in [-0.2, 0) is 16.6 Å². The maximum absolute atomic E-state index is 12.2. The number of nitrogens with zero attached hydrogens (tertiary/aromatic N) is 4. The summed E-state index contributed by atoms with van der Waals surface area (Å²) >= 11 is 0. The van der Waals surface area contributed by atoms with Gasteiger partial charge in [-0.3, -0.25) is 9.36 Å². The smallest absolute Gasteiger partial charge is 0.285 e. The Labute approximate surface area is 152 Å². The van der Waals surface area contributed by atoms with E-state index in [0.717, 1.165) is 25.9 Å². The first-order valence-electron chi connectivity index (χ1n) is 8.66. The van der Waals surface area contributed by atoms with E-state index in [0.29, 0.717) is 29.4 Å². The molecule has 7 nitrogen and oxygen atoms in total. The lowest BCUT2D eigenvalue weighted by Gasteiger charge is -2.33. The monoisotopic (exact) mass is 372 g/mol. The number of hydrogen-bond donors (Lipinski definition) is 0. The predicted octanol–water partition coefficient (Wildman–Crippen LogP) is 1.41. The second kappa shape index (κ2) is 6.35. The Balaban J connectivity index is 1.48. The van der Waals surface area contributed by atoms with Gasteiger partial charge in [0, 0.05) is 37.0 Å². The lowest BCUT2D eigenvalue weighted by molar-refractivity contribution is 0.244. The molecule has 1 aromatic heterocycles. The van der Waals surface area contributed by atoms with Crippen molar-refractivity contribution < 1.29 is 8.42 Å². The first kappa shape index (κ1) is 17.0. The van der Waals surface area contributed by atoms with E-state index in [9.17, 15) is 13.2 Å². The molecule has 3 heterocycles. The van der Waals surface area contributed by atoms with E-state index < -0.39 is 10.0 Å². The molecule has 0 aliphatic carbocycles. The molecule has 8 heteroatoms. The third-order valence-electron chi connectivity index (χ3n) is 5.05. The standard InChI is InChI=1S/C18H20N4O3S/c1-13-10-19-12-22(18(13)23)11-14-6-8-21(9-7-14)17-15-4-2-3-5-16(15)26(24,25)20-17/h2-5,10,12,14H,6-9,11H2,1H3. The fourth-order valence-corrected chi connectivity index (χ4v) is 4.84. The van der Waals surface area contributed by atoms with Gasteiger partial charge in [0.15, 0.2) is 5.84 Å². The first-order valence-corrected chi connectivity index (χ1v) is 10.1. The third-order valence-corrected chi connectivity index (χ3v) is 6.38. The SMILES string of the molecule is Cc1cncn(CC2CCN(C3=NS(=O)(=O)c4ccccc43)CC2)c1=O. The maximum atomic E-state index is 12.2. The van der Waals surface area contributed by atoms with Crippen LogP contribution >= 0.6 is 0 Å². The summed E-state index contributed by atoms with van der Waals surface area (Å²) in [5.41, 5.74) is 1.33. The molecule has 1 saturated heterocycles. The molecule has 2 aliphatic rings. The molecule has 0 amide bonds. The summed E-state index contributed by atoms with van der Waals surface area (Å²) in [4.78, 5) is 18.6. The zero-order valence-corrected chi connectivity index (χ0v) is 15.3. The highest BCUT2D eigenvalue weighted by Crippen LogP contribution is 2.29. The van der Waals surface area contributed by atoms with Crippen molar-refractivity contribution in [2.45, 2.75) is 31.2 Å². The van der Waals surface area contributed by atoms with E-state index >= 15 is 0 Å². The fraction of sp³-hybridized carbons (Fsp3) is 0.389. The number of hydrogen-bond acceptors (Lipinski definition) is 5. The van der Waals surface area contributed by atoms with Gasteiger partial charge in [0.05, 0.1) is 6.33 Å². The van der Waals surface area contributed by atoms with Gasteiger partial charge in [-0.05, 0) is 37.8 Å².